The average molecular weight is 291 g/mol. The van der Waals surface area contributed by atoms with Crippen LogP contribution in [-0.2, 0) is 12.8 Å². The number of hydrogen-bond donors (Lipinski definition) is 1. The fourth-order valence-electron chi connectivity index (χ4n) is 2.05. The van der Waals surface area contributed by atoms with Crippen molar-refractivity contribution in [1.29, 1.82) is 0 Å². The molecule has 0 aromatic carbocycles. The normalized spacial score (nSPS) is 12.4. The molecule has 0 spiro atoms. The largest absolute Gasteiger partial charge is 0.481 e. The molecular formula is C15H21N3OS. The van der Waals surface area contributed by atoms with Gasteiger partial charge in [-0.1, -0.05) is 6.07 Å². The molecule has 1 unspecified atom stereocenters. The molecule has 1 N–H and O–H groups in total. The van der Waals surface area contributed by atoms with Gasteiger partial charge in [-0.05, 0) is 32.9 Å². The van der Waals surface area contributed by atoms with Crippen LogP contribution in [0.25, 0.3) is 0 Å². The highest BCUT2D eigenvalue weighted by molar-refractivity contribution is 7.11. The van der Waals surface area contributed by atoms with Crippen molar-refractivity contribution in [2.75, 3.05) is 14.2 Å². The summed E-state index contributed by atoms with van der Waals surface area (Å²) in [6.45, 7) is 4.19. The van der Waals surface area contributed by atoms with Crippen molar-refractivity contribution in [3.63, 3.8) is 0 Å². The van der Waals surface area contributed by atoms with Crippen molar-refractivity contribution in [2.45, 2.75) is 32.7 Å². The average Bonchev–Trinajstić information content (AvgIpc) is 2.77. The minimum Gasteiger partial charge on any atom is -0.481 e. The van der Waals surface area contributed by atoms with Gasteiger partial charge in [0.2, 0.25) is 5.88 Å². The first kappa shape index (κ1) is 14.9. The number of rotatable bonds is 6. The molecule has 0 fully saturated rings. The van der Waals surface area contributed by atoms with Gasteiger partial charge in [-0.2, -0.15) is 0 Å². The third-order valence-corrected chi connectivity index (χ3v) is 4.49. The highest BCUT2D eigenvalue weighted by Gasteiger charge is 2.12. The highest BCUT2D eigenvalue weighted by Crippen LogP contribution is 2.19. The van der Waals surface area contributed by atoms with Gasteiger partial charge in [0.25, 0.3) is 0 Å². The van der Waals surface area contributed by atoms with E-state index >= 15 is 0 Å². The highest BCUT2D eigenvalue weighted by atomic mass is 32.1. The molecular weight excluding hydrogens is 270 g/mol. The maximum atomic E-state index is 5.08. The summed E-state index contributed by atoms with van der Waals surface area (Å²) in [6, 6.07) is 4.34. The molecule has 20 heavy (non-hydrogen) atoms. The van der Waals surface area contributed by atoms with E-state index < -0.39 is 0 Å². The number of pyridine rings is 1. The fourth-order valence-corrected chi connectivity index (χ4v) is 3.06. The third-order valence-electron chi connectivity index (χ3n) is 3.39. The molecule has 4 nitrogen and oxygen atoms in total. The summed E-state index contributed by atoms with van der Waals surface area (Å²) in [4.78, 5) is 10.2. The van der Waals surface area contributed by atoms with Crippen molar-refractivity contribution in [1.82, 2.24) is 15.3 Å². The summed E-state index contributed by atoms with van der Waals surface area (Å²) in [5, 5.41) is 4.56. The summed E-state index contributed by atoms with van der Waals surface area (Å²) in [6.07, 6.45) is 3.76. The predicted molar refractivity (Wildman–Crippen MR) is 82.6 cm³/mol. The van der Waals surface area contributed by atoms with Crippen LogP contribution in [0.5, 0.6) is 5.88 Å². The van der Waals surface area contributed by atoms with Crippen LogP contribution in [0.2, 0.25) is 0 Å². The standard InChI is InChI=1S/C15H21N3OS/c1-10-11(2)20-15(18-10)8-13(16-3)7-12-5-6-14(19-4)17-9-12/h5-6,9,13,16H,7-8H2,1-4H3. The third kappa shape index (κ3) is 3.77. The van der Waals surface area contributed by atoms with Gasteiger partial charge >= 0.3 is 0 Å². The van der Waals surface area contributed by atoms with Crippen molar-refractivity contribution >= 4 is 11.3 Å². The Morgan fingerprint density at radius 1 is 1.30 bits per heavy atom. The number of hydrogen-bond acceptors (Lipinski definition) is 5. The van der Waals surface area contributed by atoms with Crippen LogP contribution >= 0.6 is 11.3 Å². The monoisotopic (exact) mass is 291 g/mol. The van der Waals surface area contributed by atoms with Crippen LogP contribution in [0.3, 0.4) is 0 Å². The molecule has 108 valence electrons. The van der Waals surface area contributed by atoms with Crippen molar-refractivity contribution in [3.8, 4) is 5.88 Å². The van der Waals surface area contributed by atoms with Crippen LogP contribution in [0.4, 0.5) is 0 Å². The molecule has 0 aliphatic heterocycles. The van der Waals surface area contributed by atoms with Gasteiger partial charge in [-0.15, -0.1) is 11.3 Å². The smallest absolute Gasteiger partial charge is 0.212 e. The molecule has 1 atom stereocenters. The van der Waals surface area contributed by atoms with Crippen molar-refractivity contribution in [2.24, 2.45) is 0 Å². The quantitative estimate of drug-likeness (QED) is 0.888. The zero-order valence-electron chi connectivity index (χ0n) is 12.4. The molecule has 0 aliphatic rings. The summed E-state index contributed by atoms with van der Waals surface area (Å²) >= 11 is 1.79. The molecule has 0 bridgehead atoms. The molecule has 0 saturated heterocycles. The van der Waals surface area contributed by atoms with E-state index in [1.165, 1.54) is 15.4 Å². The van der Waals surface area contributed by atoms with E-state index in [-0.39, 0.29) is 0 Å². The molecule has 2 heterocycles. The number of thiazole rings is 1. The van der Waals surface area contributed by atoms with E-state index in [2.05, 4.69) is 35.2 Å². The minimum atomic E-state index is 0.371. The Morgan fingerprint density at radius 2 is 2.10 bits per heavy atom. The van der Waals surface area contributed by atoms with Gasteiger partial charge in [0.15, 0.2) is 0 Å². The van der Waals surface area contributed by atoms with Gasteiger partial charge in [-0.25, -0.2) is 9.97 Å². The molecule has 2 aromatic heterocycles. The molecule has 0 saturated carbocycles. The first-order valence-electron chi connectivity index (χ1n) is 6.71. The number of aromatic nitrogens is 2. The lowest BCUT2D eigenvalue weighted by atomic mass is 10.1. The first-order chi connectivity index (χ1) is 9.62. The fraction of sp³-hybridized carbons (Fsp3) is 0.467. The lowest BCUT2D eigenvalue weighted by molar-refractivity contribution is 0.397. The van der Waals surface area contributed by atoms with Crippen LogP contribution in [-0.4, -0.2) is 30.2 Å². The lowest BCUT2D eigenvalue weighted by Crippen LogP contribution is -2.29. The first-order valence-corrected chi connectivity index (χ1v) is 7.53. The second-order valence-corrected chi connectivity index (χ2v) is 6.14. The maximum Gasteiger partial charge on any atom is 0.212 e. The van der Waals surface area contributed by atoms with Crippen molar-refractivity contribution < 1.29 is 4.74 Å². The molecule has 2 rings (SSSR count). The van der Waals surface area contributed by atoms with Crippen LogP contribution in [0.1, 0.15) is 21.1 Å². The molecule has 0 aliphatic carbocycles. The van der Waals surface area contributed by atoms with Gasteiger partial charge in [-0.3, -0.25) is 0 Å². The molecule has 0 amide bonds. The lowest BCUT2D eigenvalue weighted by Gasteiger charge is -2.14. The van der Waals surface area contributed by atoms with Crippen molar-refractivity contribution in [3.05, 3.63) is 39.5 Å². The summed E-state index contributed by atoms with van der Waals surface area (Å²) in [5.74, 6) is 0.654. The predicted octanol–water partition coefficient (Wildman–Crippen LogP) is 2.54. The molecule has 2 aromatic rings. The van der Waals surface area contributed by atoms with Gasteiger partial charge < -0.3 is 10.1 Å². The zero-order chi connectivity index (χ0) is 14.5. The van der Waals surface area contributed by atoms with E-state index in [0.717, 1.165) is 18.5 Å². The number of likely N-dealkylation sites (N-methyl/N-ethyl adjacent to an activating group) is 1. The summed E-state index contributed by atoms with van der Waals surface area (Å²) < 4.78 is 5.08. The van der Waals surface area contributed by atoms with Crippen LogP contribution in [0.15, 0.2) is 18.3 Å². The number of ether oxygens (including phenoxy) is 1. The Morgan fingerprint density at radius 3 is 2.60 bits per heavy atom. The van der Waals surface area contributed by atoms with E-state index in [9.17, 15) is 0 Å². The Hall–Kier alpha value is -1.46. The number of aryl methyl sites for hydroxylation is 2. The van der Waals surface area contributed by atoms with Crippen LogP contribution in [0, 0.1) is 13.8 Å². The second kappa shape index (κ2) is 6.81. The van der Waals surface area contributed by atoms with E-state index in [1.807, 2.05) is 19.3 Å². The van der Waals surface area contributed by atoms with Gasteiger partial charge in [0, 0.05) is 29.6 Å². The Balaban J connectivity index is 2.00. The van der Waals surface area contributed by atoms with Gasteiger partial charge in [0.05, 0.1) is 17.8 Å². The number of nitrogens with one attached hydrogen (secondary N) is 1. The summed E-state index contributed by atoms with van der Waals surface area (Å²) in [5.41, 5.74) is 2.35. The van der Waals surface area contributed by atoms with Crippen LogP contribution < -0.4 is 10.1 Å². The van der Waals surface area contributed by atoms with E-state index in [1.54, 1.807) is 18.4 Å². The number of methoxy groups -OCH3 is 1. The Bertz CT molecular complexity index is 531. The molecule has 5 heteroatoms. The Kier molecular flexibility index (Phi) is 5.09. The van der Waals surface area contributed by atoms with Gasteiger partial charge in [0.1, 0.15) is 0 Å². The van der Waals surface area contributed by atoms with E-state index in [0.29, 0.717) is 11.9 Å². The number of nitrogens with zero attached hydrogens (tertiary/aromatic N) is 2. The van der Waals surface area contributed by atoms with E-state index in [4.69, 9.17) is 4.74 Å². The molecule has 0 radical (unpaired) electrons. The zero-order valence-corrected chi connectivity index (χ0v) is 13.3. The Labute approximate surface area is 124 Å². The SMILES string of the molecule is CNC(Cc1ccc(OC)nc1)Cc1nc(C)c(C)s1. The maximum absolute atomic E-state index is 5.08. The minimum absolute atomic E-state index is 0.371. The second-order valence-electron chi connectivity index (χ2n) is 4.85. The summed E-state index contributed by atoms with van der Waals surface area (Å²) in [7, 11) is 3.63. The topological polar surface area (TPSA) is 47.0 Å².